The van der Waals surface area contributed by atoms with Crippen LogP contribution >= 0.6 is 15.9 Å². The maximum atomic E-state index is 13.5. The zero-order valence-electron chi connectivity index (χ0n) is 10.1. The molecule has 0 saturated heterocycles. The van der Waals surface area contributed by atoms with Crippen LogP contribution in [0, 0.1) is 11.6 Å². The largest absolute Gasteiger partial charge is 0.480 e. The average Bonchev–Trinajstić information content (AvgIpc) is 2.33. The quantitative estimate of drug-likeness (QED) is 0.833. The van der Waals surface area contributed by atoms with E-state index in [1.807, 2.05) is 0 Å². The average molecular weight is 337 g/mol. The molecule has 0 aliphatic carbocycles. The molecule has 104 valence electrons. The SMILES string of the molecule is CC(C(=O)O)N(C)C(=O)Nc1cc(F)c(Br)cc1F. The summed E-state index contributed by atoms with van der Waals surface area (Å²) in [5.41, 5.74) is -0.366. The molecule has 0 saturated carbocycles. The van der Waals surface area contributed by atoms with Gasteiger partial charge in [0.1, 0.15) is 17.7 Å². The minimum atomic E-state index is -1.21. The third-order valence-corrected chi connectivity index (χ3v) is 3.12. The molecule has 0 aliphatic rings. The molecule has 0 bridgehead atoms. The monoisotopic (exact) mass is 336 g/mol. The molecule has 0 aromatic heterocycles. The zero-order chi connectivity index (χ0) is 14.7. The van der Waals surface area contributed by atoms with Gasteiger partial charge in [0.25, 0.3) is 0 Å². The van der Waals surface area contributed by atoms with Gasteiger partial charge in [-0.1, -0.05) is 0 Å². The number of likely N-dealkylation sites (N-methyl/N-ethyl adjacent to an activating group) is 1. The van der Waals surface area contributed by atoms with Crippen LogP contribution in [0.15, 0.2) is 16.6 Å². The molecule has 8 heteroatoms. The summed E-state index contributed by atoms with van der Waals surface area (Å²) in [5.74, 6) is -2.79. The molecule has 2 N–H and O–H groups in total. The van der Waals surface area contributed by atoms with Crippen molar-refractivity contribution in [2.45, 2.75) is 13.0 Å². The lowest BCUT2D eigenvalue weighted by atomic mass is 10.3. The fourth-order valence-electron chi connectivity index (χ4n) is 1.16. The Kier molecular flexibility index (Phi) is 4.82. The number of hydrogen-bond acceptors (Lipinski definition) is 2. The van der Waals surface area contributed by atoms with Gasteiger partial charge in [-0.05, 0) is 28.9 Å². The number of rotatable bonds is 3. The van der Waals surface area contributed by atoms with E-state index in [1.165, 1.54) is 14.0 Å². The number of aliphatic carboxylic acids is 1. The van der Waals surface area contributed by atoms with Crippen molar-refractivity contribution in [1.29, 1.82) is 0 Å². The summed E-state index contributed by atoms with van der Waals surface area (Å²) in [4.78, 5) is 23.2. The number of urea groups is 1. The lowest BCUT2D eigenvalue weighted by Crippen LogP contribution is -2.42. The topological polar surface area (TPSA) is 69.6 Å². The molecule has 0 spiro atoms. The van der Waals surface area contributed by atoms with Crippen molar-refractivity contribution in [3.05, 3.63) is 28.2 Å². The van der Waals surface area contributed by atoms with Gasteiger partial charge in [-0.25, -0.2) is 18.4 Å². The molecule has 1 aromatic carbocycles. The van der Waals surface area contributed by atoms with Crippen LogP contribution in [0.4, 0.5) is 19.3 Å². The number of carbonyl (C=O) groups is 2. The van der Waals surface area contributed by atoms with Gasteiger partial charge in [-0.15, -0.1) is 0 Å². The second kappa shape index (κ2) is 5.96. The van der Waals surface area contributed by atoms with Crippen LogP contribution in [0.5, 0.6) is 0 Å². The Bertz CT molecular complexity index is 525. The van der Waals surface area contributed by atoms with E-state index in [0.717, 1.165) is 17.0 Å². The summed E-state index contributed by atoms with van der Waals surface area (Å²) in [7, 11) is 1.24. The summed E-state index contributed by atoms with van der Waals surface area (Å²) < 4.78 is 26.6. The van der Waals surface area contributed by atoms with Crippen LogP contribution in [0.3, 0.4) is 0 Å². The predicted octanol–water partition coefficient (Wildman–Crippen LogP) is 2.66. The zero-order valence-corrected chi connectivity index (χ0v) is 11.7. The molecule has 1 unspecified atom stereocenters. The van der Waals surface area contributed by atoms with Crippen molar-refractivity contribution in [2.75, 3.05) is 12.4 Å². The molecular weight excluding hydrogens is 326 g/mol. The van der Waals surface area contributed by atoms with Gasteiger partial charge < -0.3 is 15.3 Å². The fourth-order valence-corrected chi connectivity index (χ4v) is 1.48. The number of halogens is 3. The number of carboxylic acid groups (broad SMARTS) is 1. The van der Waals surface area contributed by atoms with Gasteiger partial charge in [-0.2, -0.15) is 0 Å². The molecule has 0 aliphatic heterocycles. The molecule has 0 heterocycles. The highest BCUT2D eigenvalue weighted by molar-refractivity contribution is 9.10. The van der Waals surface area contributed by atoms with Crippen LogP contribution in [0.2, 0.25) is 0 Å². The molecule has 1 atom stereocenters. The Morgan fingerprint density at radius 3 is 2.47 bits per heavy atom. The summed E-state index contributed by atoms with van der Waals surface area (Å²) in [6, 6.07) is -0.277. The molecule has 19 heavy (non-hydrogen) atoms. The summed E-state index contributed by atoms with van der Waals surface area (Å²) >= 11 is 2.80. The standard InChI is InChI=1S/C11H11BrF2N2O3/c1-5(10(17)18)16(2)11(19)15-9-4-7(13)6(12)3-8(9)14/h3-5H,1-2H3,(H,15,19)(H,17,18). The summed E-state index contributed by atoms with van der Waals surface area (Å²) in [6.45, 7) is 1.29. The highest BCUT2D eigenvalue weighted by Crippen LogP contribution is 2.23. The Hall–Kier alpha value is -1.70. The molecule has 0 radical (unpaired) electrons. The first kappa shape index (κ1) is 15.4. The number of benzene rings is 1. The molecule has 1 rings (SSSR count). The van der Waals surface area contributed by atoms with Crippen molar-refractivity contribution < 1.29 is 23.5 Å². The van der Waals surface area contributed by atoms with E-state index in [4.69, 9.17) is 5.11 Å². The minimum Gasteiger partial charge on any atom is -0.480 e. The first-order valence-electron chi connectivity index (χ1n) is 5.15. The first-order valence-corrected chi connectivity index (χ1v) is 5.94. The van der Waals surface area contributed by atoms with Crippen LogP contribution in [-0.2, 0) is 4.79 Å². The third kappa shape index (κ3) is 3.63. The lowest BCUT2D eigenvalue weighted by molar-refractivity contribution is -0.141. The van der Waals surface area contributed by atoms with Gasteiger partial charge in [0.15, 0.2) is 0 Å². The number of anilines is 1. The molecule has 5 nitrogen and oxygen atoms in total. The summed E-state index contributed by atoms with van der Waals surface area (Å²) in [6.07, 6.45) is 0. The number of amides is 2. The van der Waals surface area contributed by atoms with Gasteiger partial charge in [0, 0.05) is 13.1 Å². The van der Waals surface area contributed by atoms with Crippen molar-refractivity contribution in [3.63, 3.8) is 0 Å². The van der Waals surface area contributed by atoms with E-state index >= 15 is 0 Å². The first-order chi connectivity index (χ1) is 8.73. The van der Waals surface area contributed by atoms with E-state index in [9.17, 15) is 18.4 Å². The van der Waals surface area contributed by atoms with Gasteiger partial charge in [0.2, 0.25) is 0 Å². The molecular formula is C11H11BrF2N2O3. The van der Waals surface area contributed by atoms with E-state index in [2.05, 4.69) is 21.2 Å². The Morgan fingerprint density at radius 2 is 1.95 bits per heavy atom. The number of carboxylic acids is 1. The maximum Gasteiger partial charge on any atom is 0.326 e. The van der Waals surface area contributed by atoms with E-state index < -0.39 is 29.7 Å². The highest BCUT2D eigenvalue weighted by atomic mass is 79.9. The van der Waals surface area contributed by atoms with Gasteiger partial charge >= 0.3 is 12.0 Å². The van der Waals surface area contributed by atoms with E-state index in [1.54, 1.807) is 0 Å². The predicted molar refractivity (Wildman–Crippen MR) is 67.9 cm³/mol. The molecule has 1 aromatic rings. The number of carbonyl (C=O) groups excluding carboxylic acids is 1. The highest BCUT2D eigenvalue weighted by Gasteiger charge is 2.22. The van der Waals surface area contributed by atoms with Crippen molar-refractivity contribution in [2.24, 2.45) is 0 Å². The molecule has 0 fully saturated rings. The summed E-state index contributed by atoms with van der Waals surface area (Å²) in [5, 5.41) is 10.8. The van der Waals surface area contributed by atoms with E-state index in [-0.39, 0.29) is 10.2 Å². The Balaban J connectivity index is 2.88. The van der Waals surface area contributed by atoms with Crippen LogP contribution in [0.1, 0.15) is 6.92 Å². The third-order valence-electron chi connectivity index (χ3n) is 2.51. The van der Waals surface area contributed by atoms with Crippen molar-refractivity contribution in [1.82, 2.24) is 4.90 Å². The van der Waals surface area contributed by atoms with Gasteiger partial charge in [0.05, 0.1) is 10.2 Å². The Morgan fingerprint density at radius 1 is 1.37 bits per heavy atom. The maximum absolute atomic E-state index is 13.5. The van der Waals surface area contributed by atoms with Crippen molar-refractivity contribution in [3.8, 4) is 0 Å². The normalized spacial score (nSPS) is 11.8. The smallest absolute Gasteiger partial charge is 0.326 e. The second-order valence-corrected chi connectivity index (χ2v) is 4.66. The van der Waals surface area contributed by atoms with Crippen LogP contribution < -0.4 is 5.32 Å². The second-order valence-electron chi connectivity index (χ2n) is 3.80. The van der Waals surface area contributed by atoms with Crippen molar-refractivity contribution >= 4 is 33.6 Å². The number of nitrogens with one attached hydrogen (secondary N) is 1. The van der Waals surface area contributed by atoms with E-state index in [0.29, 0.717) is 0 Å². The lowest BCUT2D eigenvalue weighted by Gasteiger charge is -2.22. The minimum absolute atomic E-state index is 0.0738. The van der Waals surface area contributed by atoms with Crippen LogP contribution in [-0.4, -0.2) is 35.1 Å². The fraction of sp³-hybridized carbons (Fsp3) is 0.273. The number of hydrogen-bond donors (Lipinski definition) is 2. The Labute approximate surface area is 116 Å². The van der Waals surface area contributed by atoms with Gasteiger partial charge in [-0.3, -0.25) is 0 Å². The van der Waals surface area contributed by atoms with Crippen LogP contribution in [0.25, 0.3) is 0 Å². The number of nitrogens with zero attached hydrogens (tertiary/aromatic N) is 1. The molecule has 2 amide bonds.